The first kappa shape index (κ1) is 27.6. The van der Waals surface area contributed by atoms with Gasteiger partial charge in [-0.1, -0.05) is 48.5 Å². The summed E-state index contributed by atoms with van der Waals surface area (Å²) in [6.07, 6.45) is 6.86. The number of carbonyl (C=O) groups is 1. The highest BCUT2D eigenvalue weighted by atomic mass is 16.5. The monoisotopic (exact) mass is 538 g/mol. The molecule has 0 bridgehead atoms. The molecule has 2 N–H and O–H groups in total. The molecule has 1 aliphatic heterocycles. The van der Waals surface area contributed by atoms with Crippen molar-refractivity contribution >= 4 is 34.6 Å². The van der Waals surface area contributed by atoms with Gasteiger partial charge < -0.3 is 14.8 Å². The molecule has 6 rings (SSSR count). The Morgan fingerprint density at radius 2 is 1.70 bits per heavy atom. The summed E-state index contributed by atoms with van der Waals surface area (Å²) in [6.45, 7) is 7.27. The number of hydrogen-bond acceptors (Lipinski definition) is 5. The number of aromatic amines is 1. The van der Waals surface area contributed by atoms with Crippen molar-refractivity contribution in [1.29, 1.82) is 0 Å². The number of methoxy groups -OCH3 is 1. The highest BCUT2D eigenvalue weighted by Crippen LogP contribution is 2.30. The standard InChI is InChI=1S/C22H25N3O.C11H13NO2/c1-16-13-25(14-17(2)26-16)15-19-9-7-18(8-10-19)11-12-22-20-5-3-4-6-21(20)23-24-22;1-14-10-6-4-9(5-7-10)12-11(13)8-2-3-8/h3-12,16-17H,13-15H2,1-2H3,(H,23,24);4-8H,2-3H2,1H3,(H,12,13)/b12-11+;. The molecule has 2 unspecified atom stereocenters. The molecule has 208 valence electrons. The maximum atomic E-state index is 11.4. The quantitative estimate of drug-likeness (QED) is 0.285. The summed E-state index contributed by atoms with van der Waals surface area (Å²) in [5.41, 5.74) is 5.40. The van der Waals surface area contributed by atoms with E-state index in [4.69, 9.17) is 9.47 Å². The van der Waals surface area contributed by atoms with E-state index in [1.807, 2.05) is 42.5 Å². The molecule has 4 aromatic rings. The second-order valence-corrected chi connectivity index (χ2v) is 10.7. The fourth-order valence-electron chi connectivity index (χ4n) is 4.96. The molecule has 7 heteroatoms. The van der Waals surface area contributed by atoms with E-state index in [2.05, 4.69) is 76.7 Å². The molecule has 3 aromatic carbocycles. The summed E-state index contributed by atoms with van der Waals surface area (Å²) in [6, 6.07) is 24.3. The number of para-hydroxylation sites is 1. The number of nitrogens with one attached hydrogen (secondary N) is 2. The van der Waals surface area contributed by atoms with Crippen molar-refractivity contribution in [2.24, 2.45) is 5.92 Å². The van der Waals surface area contributed by atoms with Crippen molar-refractivity contribution in [3.8, 4) is 5.75 Å². The van der Waals surface area contributed by atoms with Crippen molar-refractivity contribution in [3.05, 3.63) is 89.6 Å². The topological polar surface area (TPSA) is 79.5 Å². The third kappa shape index (κ3) is 7.58. The number of hydrogen-bond donors (Lipinski definition) is 2. The summed E-state index contributed by atoms with van der Waals surface area (Å²) >= 11 is 0. The molecule has 2 fully saturated rings. The van der Waals surface area contributed by atoms with Gasteiger partial charge in [-0.2, -0.15) is 5.10 Å². The van der Waals surface area contributed by atoms with E-state index < -0.39 is 0 Å². The van der Waals surface area contributed by atoms with Crippen LogP contribution in [0.4, 0.5) is 5.69 Å². The Labute approximate surface area is 236 Å². The lowest BCUT2D eigenvalue weighted by molar-refractivity contribution is -0.117. The third-order valence-electron chi connectivity index (χ3n) is 7.12. The zero-order valence-electron chi connectivity index (χ0n) is 23.5. The molecule has 1 aromatic heterocycles. The van der Waals surface area contributed by atoms with Gasteiger partial charge in [0.05, 0.1) is 30.5 Å². The molecule has 2 aliphatic rings. The van der Waals surface area contributed by atoms with Crippen LogP contribution in [0, 0.1) is 5.92 Å². The molecule has 1 saturated heterocycles. The number of fused-ring (bicyclic) bond motifs is 1. The highest BCUT2D eigenvalue weighted by Gasteiger charge is 2.29. The van der Waals surface area contributed by atoms with Gasteiger partial charge in [0, 0.05) is 36.6 Å². The Hall–Kier alpha value is -3.94. The van der Waals surface area contributed by atoms with E-state index in [0.717, 1.165) is 60.5 Å². The van der Waals surface area contributed by atoms with E-state index >= 15 is 0 Å². The SMILES string of the molecule is CC1CN(Cc2ccc(/C=C/c3n[nH]c4ccccc34)cc2)CC(C)O1.COc1ccc(NC(=O)C2CC2)cc1. The molecule has 1 amide bonds. The Balaban J connectivity index is 0.000000194. The van der Waals surface area contributed by atoms with Crippen molar-refractivity contribution in [2.75, 3.05) is 25.5 Å². The number of morpholine rings is 1. The number of aromatic nitrogens is 2. The normalized spacial score (nSPS) is 19.3. The van der Waals surface area contributed by atoms with Crippen LogP contribution in [0.2, 0.25) is 0 Å². The number of ether oxygens (including phenoxy) is 2. The van der Waals surface area contributed by atoms with Gasteiger partial charge in [-0.15, -0.1) is 0 Å². The summed E-state index contributed by atoms with van der Waals surface area (Å²) in [7, 11) is 1.62. The van der Waals surface area contributed by atoms with Crippen LogP contribution in [0.1, 0.15) is 43.5 Å². The van der Waals surface area contributed by atoms with Crippen molar-refractivity contribution in [2.45, 2.75) is 45.4 Å². The Morgan fingerprint density at radius 1 is 1.00 bits per heavy atom. The lowest BCUT2D eigenvalue weighted by Gasteiger charge is -2.35. The van der Waals surface area contributed by atoms with Crippen LogP contribution >= 0.6 is 0 Å². The smallest absolute Gasteiger partial charge is 0.227 e. The number of carbonyl (C=O) groups excluding carboxylic acids is 1. The molecule has 0 spiro atoms. The number of nitrogens with zero attached hydrogens (tertiary/aromatic N) is 2. The average molecular weight is 539 g/mol. The first-order valence-electron chi connectivity index (χ1n) is 14.0. The van der Waals surface area contributed by atoms with E-state index in [1.165, 1.54) is 11.1 Å². The minimum Gasteiger partial charge on any atom is -0.497 e. The predicted octanol–water partition coefficient (Wildman–Crippen LogP) is 6.39. The van der Waals surface area contributed by atoms with Gasteiger partial charge in [-0.3, -0.25) is 14.8 Å². The van der Waals surface area contributed by atoms with Gasteiger partial charge in [0.15, 0.2) is 0 Å². The zero-order valence-corrected chi connectivity index (χ0v) is 23.5. The Kier molecular flexibility index (Phi) is 8.94. The van der Waals surface area contributed by atoms with E-state index in [9.17, 15) is 4.79 Å². The zero-order chi connectivity index (χ0) is 27.9. The minimum absolute atomic E-state index is 0.134. The molecular formula is C33H38N4O3. The van der Waals surface area contributed by atoms with Crippen molar-refractivity contribution in [3.63, 3.8) is 0 Å². The van der Waals surface area contributed by atoms with Gasteiger partial charge in [-0.25, -0.2) is 0 Å². The first-order valence-corrected chi connectivity index (χ1v) is 14.0. The second-order valence-electron chi connectivity index (χ2n) is 10.7. The lowest BCUT2D eigenvalue weighted by Crippen LogP contribution is -2.44. The second kappa shape index (κ2) is 12.9. The molecule has 2 heterocycles. The summed E-state index contributed by atoms with van der Waals surface area (Å²) in [5, 5.41) is 11.5. The van der Waals surface area contributed by atoms with Crippen LogP contribution in [-0.4, -0.2) is 53.4 Å². The van der Waals surface area contributed by atoms with Crippen LogP contribution in [0.3, 0.4) is 0 Å². The fourth-order valence-corrected chi connectivity index (χ4v) is 4.96. The number of benzene rings is 3. The average Bonchev–Trinajstić information content (AvgIpc) is 3.73. The lowest BCUT2D eigenvalue weighted by atomic mass is 10.1. The van der Waals surface area contributed by atoms with Gasteiger partial charge in [-0.05, 0) is 74.2 Å². The van der Waals surface area contributed by atoms with Crippen molar-refractivity contribution < 1.29 is 14.3 Å². The Morgan fingerprint density at radius 3 is 2.38 bits per heavy atom. The maximum Gasteiger partial charge on any atom is 0.227 e. The molecule has 1 saturated carbocycles. The van der Waals surface area contributed by atoms with Gasteiger partial charge in [0.2, 0.25) is 5.91 Å². The fraction of sp³-hybridized carbons (Fsp3) is 0.333. The number of anilines is 1. The van der Waals surface area contributed by atoms with Crippen LogP contribution in [0.15, 0.2) is 72.8 Å². The summed E-state index contributed by atoms with van der Waals surface area (Å²) in [4.78, 5) is 13.9. The molecular weight excluding hydrogens is 500 g/mol. The first-order chi connectivity index (χ1) is 19.5. The minimum atomic E-state index is 0.134. The maximum absolute atomic E-state index is 11.4. The molecule has 0 radical (unpaired) electrons. The summed E-state index contributed by atoms with van der Waals surface area (Å²) < 4.78 is 10.8. The Bertz CT molecular complexity index is 1410. The van der Waals surface area contributed by atoms with Crippen LogP contribution in [-0.2, 0) is 16.1 Å². The van der Waals surface area contributed by atoms with Crippen LogP contribution < -0.4 is 10.1 Å². The van der Waals surface area contributed by atoms with Gasteiger partial charge in [0.25, 0.3) is 0 Å². The molecule has 2 atom stereocenters. The third-order valence-corrected chi connectivity index (χ3v) is 7.12. The number of H-pyrrole nitrogens is 1. The molecule has 40 heavy (non-hydrogen) atoms. The summed E-state index contributed by atoms with van der Waals surface area (Å²) in [5.74, 6) is 1.18. The van der Waals surface area contributed by atoms with E-state index in [0.29, 0.717) is 12.2 Å². The molecule has 1 aliphatic carbocycles. The highest BCUT2D eigenvalue weighted by molar-refractivity contribution is 5.94. The van der Waals surface area contributed by atoms with Gasteiger partial charge >= 0.3 is 0 Å². The van der Waals surface area contributed by atoms with Gasteiger partial charge in [0.1, 0.15) is 5.75 Å². The predicted molar refractivity (Wildman–Crippen MR) is 161 cm³/mol. The van der Waals surface area contributed by atoms with Crippen molar-refractivity contribution in [1.82, 2.24) is 15.1 Å². The largest absolute Gasteiger partial charge is 0.497 e. The molecule has 7 nitrogen and oxygen atoms in total. The van der Waals surface area contributed by atoms with Crippen LogP contribution in [0.5, 0.6) is 5.75 Å². The van der Waals surface area contributed by atoms with E-state index in [1.54, 1.807) is 7.11 Å². The number of rotatable bonds is 7. The van der Waals surface area contributed by atoms with Crippen LogP contribution in [0.25, 0.3) is 23.1 Å². The number of amides is 1. The van der Waals surface area contributed by atoms with E-state index in [-0.39, 0.29) is 11.8 Å².